The lowest BCUT2D eigenvalue weighted by Crippen LogP contribution is -2.29. The number of hydrogen-bond donors (Lipinski definition) is 4. The molecule has 1 aromatic carbocycles. The zero-order chi connectivity index (χ0) is 23.6. The first kappa shape index (κ1) is 25.7. The number of aliphatic imine (C=N–C) groups is 1. The number of aromatic nitrogens is 3. The minimum atomic E-state index is -5.08. The average Bonchev–Trinajstić information content (AvgIpc) is 3.13. The summed E-state index contributed by atoms with van der Waals surface area (Å²) in [7, 11) is 1.61. The first-order chi connectivity index (χ1) is 14.4. The summed E-state index contributed by atoms with van der Waals surface area (Å²) < 4.78 is 39.4. The molecule has 6 N–H and O–H groups in total. The Bertz CT molecular complexity index is 930. The normalized spacial score (nSPS) is 10.5. The number of methoxy groups -OCH3 is 1. The molecule has 0 fully saturated rings. The van der Waals surface area contributed by atoms with Crippen molar-refractivity contribution in [3.63, 3.8) is 0 Å². The number of ether oxygens (including phenoxy) is 1. The molecule has 1 amide bonds. The maximum Gasteiger partial charge on any atom is 0.490 e. The lowest BCUT2D eigenvalue weighted by Gasteiger charge is -2.06. The third-order valence-corrected chi connectivity index (χ3v) is 3.89. The SMILES string of the molecule is COc1ccc(Cn2cc(C(=O)NCCN=C(N)N)nn2)cc1Br.O=C(O)C(F)(F)F. The number of aliphatic carboxylic acids is 1. The number of nitrogens with one attached hydrogen (secondary N) is 1. The van der Waals surface area contributed by atoms with Crippen LogP contribution in [0.4, 0.5) is 13.2 Å². The number of carbonyl (C=O) groups excluding carboxylic acids is 1. The van der Waals surface area contributed by atoms with Crippen LogP contribution in [0.5, 0.6) is 5.75 Å². The van der Waals surface area contributed by atoms with Gasteiger partial charge in [-0.3, -0.25) is 9.79 Å². The van der Waals surface area contributed by atoms with Crippen LogP contribution >= 0.6 is 15.9 Å². The highest BCUT2D eigenvalue weighted by Gasteiger charge is 2.38. The summed E-state index contributed by atoms with van der Waals surface area (Å²) in [6.45, 7) is 1.11. The summed E-state index contributed by atoms with van der Waals surface area (Å²) >= 11 is 3.43. The fourth-order valence-electron chi connectivity index (χ4n) is 1.92. The Morgan fingerprint density at radius 3 is 2.52 bits per heavy atom. The van der Waals surface area contributed by atoms with Gasteiger partial charge in [0.1, 0.15) is 5.75 Å². The molecule has 0 atom stereocenters. The van der Waals surface area contributed by atoms with E-state index in [1.807, 2.05) is 18.2 Å². The lowest BCUT2D eigenvalue weighted by molar-refractivity contribution is -0.192. The number of hydrogen-bond acceptors (Lipinski definition) is 6. The van der Waals surface area contributed by atoms with Crippen molar-refractivity contribution in [2.24, 2.45) is 16.5 Å². The number of nitrogens with zero attached hydrogens (tertiary/aromatic N) is 4. The van der Waals surface area contributed by atoms with Gasteiger partial charge in [0.2, 0.25) is 0 Å². The summed E-state index contributed by atoms with van der Waals surface area (Å²) in [6, 6.07) is 5.70. The van der Waals surface area contributed by atoms with Gasteiger partial charge in [0.25, 0.3) is 5.91 Å². The number of amides is 1. The Balaban J connectivity index is 0.000000592. The van der Waals surface area contributed by atoms with Gasteiger partial charge in [-0.1, -0.05) is 11.3 Å². The van der Waals surface area contributed by atoms with Crippen LogP contribution in [0, 0.1) is 0 Å². The predicted molar refractivity (Wildman–Crippen MR) is 107 cm³/mol. The third-order valence-electron chi connectivity index (χ3n) is 3.27. The highest BCUT2D eigenvalue weighted by Crippen LogP contribution is 2.25. The van der Waals surface area contributed by atoms with Crippen LogP contribution in [-0.4, -0.2) is 64.3 Å². The molecule has 0 unspecified atom stereocenters. The Morgan fingerprint density at radius 2 is 2.00 bits per heavy atom. The van der Waals surface area contributed by atoms with Crippen LogP contribution in [0.3, 0.4) is 0 Å². The van der Waals surface area contributed by atoms with Crippen molar-refractivity contribution in [1.82, 2.24) is 20.3 Å². The van der Waals surface area contributed by atoms with Gasteiger partial charge in [0.15, 0.2) is 11.7 Å². The average molecular weight is 510 g/mol. The van der Waals surface area contributed by atoms with Crippen LogP contribution in [-0.2, 0) is 11.3 Å². The molecular formula is C16H19BrF3N7O4. The Hall–Kier alpha value is -3.36. The molecule has 0 aliphatic carbocycles. The van der Waals surface area contributed by atoms with Gasteiger partial charge in [0.05, 0.1) is 30.9 Å². The van der Waals surface area contributed by atoms with Crippen molar-refractivity contribution in [2.75, 3.05) is 20.2 Å². The molecule has 170 valence electrons. The second-order valence-electron chi connectivity index (χ2n) is 5.64. The molecule has 2 rings (SSSR count). The summed E-state index contributed by atoms with van der Waals surface area (Å²) in [5, 5.41) is 17.6. The number of halogens is 4. The smallest absolute Gasteiger partial charge is 0.490 e. The maximum absolute atomic E-state index is 11.9. The molecule has 1 heterocycles. The van der Waals surface area contributed by atoms with E-state index in [0.717, 1.165) is 15.8 Å². The maximum atomic E-state index is 11.9. The van der Waals surface area contributed by atoms with Crippen LogP contribution in [0.2, 0.25) is 0 Å². The molecule has 0 saturated carbocycles. The molecule has 0 saturated heterocycles. The largest absolute Gasteiger partial charge is 0.496 e. The van der Waals surface area contributed by atoms with E-state index in [-0.39, 0.29) is 17.6 Å². The second-order valence-corrected chi connectivity index (χ2v) is 6.49. The van der Waals surface area contributed by atoms with Crippen molar-refractivity contribution < 1.29 is 32.6 Å². The highest BCUT2D eigenvalue weighted by molar-refractivity contribution is 9.10. The zero-order valence-electron chi connectivity index (χ0n) is 16.1. The summed E-state index contributed by atoms with van der Waals surface area (Å²) in [5.41, 5.74) is 11.6. The van der Waals surface area contributed by atoms with E-state index in [1.54, 1.807) is 18.0 Å². The van der Waals surface area contributed by atoms with Gasteiger partial charge < -0.3 is 26.6 Å². The van der Waals surface area contributed by atoms with E-state index < -0.39 is 12.1 Å². The zero-order valence-corrected chi connectivity index (χ0v) is 17.6. The molecule has 11 nitrogen and oxygen atoms in total. The minimum absolute atomic E-state index is 0.0131. The van der Waals surface area contributed by atoms with Gasteiger partial charge >= 0.3 is 12.1 Å². The Morgan fingerprint density at radius 1 is 1.35 bits per heavy atom. The quantitative estimate of drug-likeness (QED) is 0.240. The standard InChI is InChI=1S/C14H18BrN7O2.C2HF3O2/c1-24-12-3-2-9(6-10(12)15)7-22-8-11(20-21-22)13(23)18-4-5-19-14(16)17;3-2(4,5)1(6)7/h2-3,6,8H,4-5,7H2,1H3,(H,18,23)(H4,16,17,19);(H,6,7). The molecule has 0 spiro atoms. The summed E-state index contributed by atoms with van der Waals surface area (Å²) in [6.07, 6.45) is -3.51. The molecule has 0 aliphatic rings. The first-order valence-electron chi connectivity index (χ1n) is 8.30. The van der Waals surface area contributed by atoms with E-state index >= 15 is 0 Å². The molecule has 15 heteroatoms. The molecule has 1 aromatic heterocycles. The van der Waals surface area contributed by atoms with Gasteiger partial charge in [-0.15, -0.1) is 5.10 Å². The highest BCUT2D eigenvalue weighted by atomic mass is 79.9. The number of rotatable bonds is 7. The molecular weight excluding hydrogens is 491 g/mol. The van der Waals surface area contributed by atoms with Crippen LogP contribution in [0.1, 0.15) is 16.1 Å². The summed E-state index contributed by atoms with van der Waals surface area (Å²) in [4.78, 5) is 24.6. The van der Waals surface area contributed by atoms with E-state index in [2.05, 4.69) is 36.6 Å². The number of carbonyl (C=O) groups is 2. The lowest BCUT2D eigenvalue weighted by atomic mass is 10.2. The number of carboxylic acids is 1. The van der Waals surface area contributed by atoms with E-state index in [0.29, 0.717) is 19.6 Å². The van der Waals surface area contributed by atoms with E-state index in [9.17, 15) is 18.0 Å². The summed E-state index contributed by atoms with van der Waals surface area (Å²) in [5.74, 6) is -2.35. The van der Waals surface area contributed by atoms with Gasteiger partial charge in [0, 0.05) is 6.54 Å². The third kappa shape index (κ3) is 9.33. The molecule has 31 heavy (non-hydrogen) atoms. The van der Waals surface area contributed by atoms with Crippen LogP contribution in [0.25, 0.3) is 0 Å². The van der Waals surface area contributed by atoms with Crippen molar-refractivity contribution in [1.29, 1.82) is 0 Å². The van der Waals surface area contributed by atoms with Crippen LogP contribution in [0.15, 0.2) is 33.9 Å². The molecule has 0 radical (unpaired) electrons. The number of carboxylic acid groups (broad SMARTS) is 1. The topological polar surface area (TPSA) is 171 Å². The van der Waals surface area contributed by atoms with Gasteiger partial charge in [-0.2, -0.15) is 13.2 Å². The van der Waals surface area contributed by atoms with Gasteiger partial charge in [-0.25, -0.2) is 9.48 Å². The van der Waals surface area contributed by atoms with Gasteiger partial charge in [-0.05, 0) is 33.6 Å². The van der Waals surface area contributed by atoms with E-state index in [1.165, 1.54) is 0 Å². The Labute approximate surface area is 182 Å². The number of guanidine groups is 1. The molecule has 0 aliphatic heterocycles. The van der Waals surface area contributed by atoms with Crippen molar-refractivity contribution >= 4 is 33.8 Å². The number of nitrogens with two attached hydrogens (primary N) is 2. The van der Waals surface area contributed by atoms with E-state index in [4.69, 9.17) is 26.1 Å². The second kappa shape index (κ2) is 11.7. The first-order valence-corrected chi connectivity index (χ1v) is 9.09. The van der Waals surface area contributed by atoms with Crippen molar-refractivity contribution in [2.45, 2.75) is 12.7 Å². The predicted octanol–water partition coefficient (Wildman–Crippen LogP) is 0.734. The minimum Gasteiger partial charge on any atom is -0.496 e. The van der Waals surface area contributed by atoms with Crippen molar-refractivity contribution in [3.05, 3.63) is 40.1 Å². The number of alkyl halides is 3. The fraction of sp³-hybridized carbons (Fsp3) is 0.312. The Kier molecular flexibility index (Phi) is 9.72. The monoisotopic (exact) mass is 509 g/mol. The van der Waals surface area contributed by atoms with Crippen LogP contribution < -0.4 is 21.5 Å². The number of benzene rings is 1. The van der Waals surface area contributed by atoms with Crippen molar-refractivity contribution in [3.8, 4) is 5.75 Å². The molecule has 2 aromatic rings. The molecule has 0 bridgehead atoms. The fourth-order valence-corrected chi connectivity index (χ4v) is 2.51.